The summed E-state index contributed by atoms with van der Waals surface area (Å²) in [5.41, 5.74) is 0. The molecule has 6 heteroatoms. The van der Waals surface area contributed by atoms with Crippen molar-refractivity contribution in [1.29, 1.82) is 0 Å². The number of thiophene rings is 1. The van der Waals surface area contributed by atoms with E-state index in [1.165, 1.54) is 24.3 Å². The van der Waals surface area contributed by atoms with Crippen molar-refractivity contribution >= 4 is 17.3 Å². The van der Waals surface area contributed by atoms with Crippen LogP contribution in [0, 0.1) is 0 Å². The first-order valence-electron chi connectivity index (χ1n) is 7.67. The molecule has 2 fully saturated rings. The molecule has 0 amide bonds. The second-order valence-corrected chi connectivity index (χ2v) is 6.66. The highest BCUT2D eigenvalue weighted by molar-refractivity contribution is 7.09. The van der Waals surface area contributed by atoms with Crippen LogP contribution in [-0.4, -0.2) is 56.3 Å². The molecular weight excluding hydrogens is 284 g/mol. The summed E-state index contributed by atoms with van der Waals surface area (Å²) in [6.07, 6.45) is 2.88. The van der Waals surface area contributed by atoms with E-state index < -0.39 is 0 Å². The smallest absolute Gasteiger partial charge is 0.191 e. The molecule has 3 rings (SSSR count). The lowest BCUT2D eigenvalue weighted by Gasteiger charge is -2.35. The SMILES string of the molecule is CN=C(NCc1cccs1)NCC1CN2CCCC2CO1. The van der Waals surface area contributed by atoms with Crippen LogP contribution in [0.25, 0.3) is 0 Å². The Balaban J connectivity index is 1.40. The van der Waals surface area contributed by atoms with Gasteiger partial charge in [-0.25, -0.2) is 0 Å². The predicted molar refractivity (Wildman–Crippen MR) is 86.9 cm³/mol. The Morgan fingerprint density at radius 3 is 3.29 bits per heavy atom. The Morgan fingerprint density at radius 1 is 1.52 bits per heavy atom. The summed E-state index contributed by atoms with van der Waals surface area (Å²) in [4.78, 5) is 8.15. The minimum atomic E-state index is 0.264. The molecule has 1 aromatic heterocycles. The van der Waals surface area contributed by atoms with E-state index >= 15 is 0 Å². The number of nitrogens with one attached hydrogen (secondary N) is 2. The van der Waals surface area contributed by atoms with Crippen LogP contribution in [0.5, 0.6) is 0 Å². The van der Waals surface area contributed by atoms with Crippen molar-refractivity contribution in [3.63, 3.8) is 0 Å². The molecule has 2 saturated heterocycles. The molecule has 1 aromatic rings. The summed E-state index contributed by atoms with van der Waals surface area (Å²) in [6.45, 7) is 4.79. The Morgan fingerprint density at radius 2 is 2.48 bits per heavy atom. The molecule has 0 bridgehead atoms. The Bertz CT molecular complexity index is 462. The monoisotopic (exact) mass is 308 g/mol. The van der Waals surface area contributed by atoms with Crippen molar-refractivity contribution in [2.75, 3.05) is 33.3 Å². The van der Waals surface area contributed by atoms with Crippen LogP contribution in [0.15, 0.2) is 22.5 Å². The molecule has 2 aliphatic rings. The number of aliphatic imine (C=N–C) groups is 1. The predicted octanol–water partition coefficient (Wildman–Crippen LogP) is 1.28. The van der Waals surface area contributed by atoms with E-state index in [2.05, 4.69) is 38.0 Å². The number of guanidine groups is 1. The summed E-state index contributed by atoms with van der Waals surface area (Å²) < 4.78 is 5.95. The number of morpholine rings is 1. The molecule has 2 N–H and O–H groups in total. The lowest BCUT2D eigenvalue weighted by molar-refractivity contribution is -0.0453. The van der Waals surface area contributed by atoms with E-state index in [4.69, 9.17) is 4.74 Å². The molecule has 2 unspecified atom stereocenters. The molecule has 2 atom stereocenters. The van der Waals surface area contributed by atoms with E-state index in [0.29, 0.717) is 6.04 Å². The molecule has 2 aliphatic heterocycles. The van der Waals surface area contributed by atoms with Crippen molar-refractivity contribution in [2.45, 2.75) is 31.5 Å². The number of hydrogen-bond acceptors (Lipinski definition) is 4. The molecule has 5 nitrogen and oxygen atoms in total. The molecule has 21 heavy (non-hydrogen) atoms. The van der Waals surface area contributed by atoms with Crippen molar-refractivity contribution in [2.24, 2.45) is 4.99 Å². The fraction of sp³-hybridized carbons (Fsp3) is 0.667. The van der Waals surface area contributed by atoms with Crippen LogP contribution >= 0.6 is 11.3 Å². The number of nitrogens with zero attached hydrogens (tertiary/aromatic N) is 2. The molecule has 116 valence electrons. The van der Waals surface area contributed by atoms with E-state index in [9.17, 15) is 0 Å². The molecule has 0 aromatic carbocycles. The second-order valence-electron chi connectivity index (χ2n) is 5.63. The summed E-state index contributed by atoms with van der Waals surface area (Å²) in [5, 5.41) is 8.80. The molecule has 0 radical (unpaired) electrons. The highest BCUT2D eigenvalue weighted by Gasteiger charge is 2.32. The summed E-state index contributed by atoms with van der Waals surface area (Å²) in [7, 11) is 1.81. The highest BCUT2D eigenvalue weighted by Crippen LogP contribution is 2.22. The average Bonchev–Trinajstić information content (AvgIpc) is 3.18. The second kappa shape index (κ2) is 7.24. The lowest BCUT2D eigenvalue weighted by Crippen LogP contribution is -2.51. The number of rotatable bonds is 4. The van der Waals surface area contributed by atoms with Gasteiger partial charge in [-0.15, -0.1) is 11.3 Å². The minimum Gasteiger partial charge on any atom is -0.373 e. The van der Waals surface area contributed by atoms with Gasteiger partial charge in [0.2, 0.25) is 0 Å². The van der Waals surface area contributed by atoms with E-state index in [1.807, 2.05) is 7.05 Å². The Kier molecular flexibility index (Phi) is 5.11. The number of ether oxygens (including phenoxy) is 1. The van der Waals surface area contributed by atoms with Gasteiger partial charge < -0.3 is 15.4 Å². The maximum atomic E-state index is 5.95. The van der Waals surface area contributed by atoms with Gasteiger partial charge in [0.25, 0.3) is 0 Å². The zero-order chi connectivity index (χ0) is 14.5. The Labute approximate surface area is 130 Å². The molecule has 3 heterocycles. The van der Waals surface area contributed by atoms with Gasteiger partial charge in [0.1, 0.15) is 0 Å². The molecular formula is C15H24N4OS. The van der Waals surface area contributed by atoms with Crippen LogP contribution in [0.4, 0.5) is 0 Å². The van der Waals surface area contributed by atoms with E-state index in [0.717, 1.165) is 32.2 Å². The van der Waals surface area contributed by atoms with Gasteiger partial charge in [-0.3, -0.25) is 9.89 Å². The van der Waals surface area contributed by atoms with Crippen LogP contribution < -0.4 is 10.6 Å². The maximum absolute atomic E-state index is 5.95. The van der Waals surface area contributed by atoms with Crippen molar-refractivity contribution in [3.8, 4) is 0 Å². The topological polar surface area (TPSA) is 48.9 Å². The third-order valence-electron chi connectivity index (χ3n) is 4.19. The lowest BCUT2D eigenvalue weighted by atomic mass is 10.2. The first-order chi connectivity index (χ1) is 10.3. The fourth-order valence-electron chi connectivity index (χ4n) is 3.02. The van der Waals surface area contributed by atoms with Gasteiger partial charge in [-0.1, -0.05) is 6.07 Å². The molecule has 0 aliphatic carbocycles. The van der Waals surface area contributed by atoms with Crippen LogP contribution in [0.1, 0.15) is 17.7 Å². The maximum Gasteiger partial charge on any atom is 0.191 e. The van der Waals surface area contributed by atoms with Crippen molar-refractivity contribution in [1.82, 2.24) is 15.5 Å². The third-order valence-corrected chi connectivity index (χ3v) is 5.07. The van der Waals surface area contributed by atoms with Gasteiger partial charge in [-0.05, 0) is 30.8 Å². The molecule has 0 saturated carbocycles. The highest BCUT2D eigenvalue weighted by atomic mass is 32.1. The largest absolute Gasteiger partial charge is 0.373 e. The molecule has 0 spiro atoms. The summed E-state index contributed by atoms with van der Waals surface area (Å²) in [6, 6.07) is 4.86. The van der Waals surface area contributed by atoms with Crippen LogP contribution in [-0.2, 0) is 11.3 Å². The van der Waals surface area contributed by atoms with Gasteiger partial charge in [0.05, 0.1) is 19.3 Å². The zero-order valence-corrected chi connectivity index (χ0v) is 13.4. The third kappa shape index (κ3) is 3.96. The average molecular weight is 308 g/mol. The fourth-order valence-corrected chi connectivity index (χ4v) is 3.67. The normalized spacial score (nSPS) is 26.6. The summed E-state index contributed by atoms with van der Waals surface area (Å²) >= 11 is 1.76. The minimum absolute atomic E-state index is 0.264. The number of hydrogen-bond donors (Lipinski definition) is 2. The first kappa shape index (κ1) is 14.8. The van der Waals surface area contributed by atoms with Crippen LogP contribution in [0.2, 0.25) is 0 Å². The van der Waals surface area contributed by atoms with E-state index in [1.54, 1.807) is 11.3 Å². The van der Waals surface area contributed by atoms with Crippen molar-refractivity contribution < 1.29 is 4.74 Å². The van der Waals surface area contributed by atoms with Gasteiger partial charge >= 0.3 is 0 Å². The van der Waals surface area contributed by atoms with Crippen LogP contribution in [0.3, 0.4) is 0 Å². The first-order valence-corrected chi connectivity index (χ1v) is 8.55. The van der Waals surface area contributed by atoms with Crippen molar-refractivity contribution in [3.05, 3.63) is 22.4 Å². The van der Waals surface area contributed by atoms with Gasteiger partial charge in [0, 0.05) is 31.1 Å². The number of fused-ring (bicyclic) bond motifs is 1. The zero-order valence-electron chi connectivity index (χ0n) is 12.5. The van der Waals surface area contributed by atoms with Gasteiger partial charge in [0.15, 0.2) is 5.96 Å². The van der Waals surface area contributed by atoms with Gasteiger partial charge in [-0.2, -0.15) is 0 Å². The standard InChI is InChI=1S/C15H24N4OS/c1-16-15(18-9-14-5-3-7-21-14)17-8-13-10-19-6-2-4-12(19)11-20-13/h3,5,7,12-13H,2,4,6,8-11H2,1H3,(H2,16,17,18). The quantitative estimate of drug-likeness (QED) is 0.650. The van der Waals surface area contributed by atoms with E-state index in [-0.39, 0.29) is 6.10 Å². The Hall–Kier alpha value is -1.11. The summed E-state index contributed by atoms with van der Waals surface area (Å²) in [5.74, 6) is 0.843.